The van der Waals surface area contributed by atoms with Gasteiger partial charge in [0.2, 0.25) is 0 Å². The first-order valence-corrected chi connectivity index (χ1v) is 5.12. The van der Waals surface area contributed by atoms with Gasteiger partial charge in [0.1, 0.15) is 0 Å². The summed E-state index contributed by atoms with van der Waals surface area (Å²) in [6.07, 6.45) is 3.79. The minimum Gasteiger partial charge on any atom is -0.396 e. The molecule has 10 heavy (non-hydrogen) atoms. The minimum atomic E-state index is 0.324. The highest BCUT2D eigenvalue weighted by atomic mass is 32.2. The van der Waals surface area contributed by atoms with Gasteiger partial charge in [-0.15, -0.1) is 0 Å². The summed E-state index contributed by atoms with van der Waals surface area (Å²) in [6.45, 7) is 4.75. The maximum Gasteiger partial charge on any atom is 0.0521 e. The van der Waals surface area contributed by atoms with Crippen molar-refractivity contribution in [2.24, 2.45) is 0 Å². The summed E-state index contributed by atoms with van der Waals surface area (Å²) < 4.78 is 0. The summed E-state index contributed by atoms with van der Waals surface area (Å²) in [5.74, 6) is 0.901. The summed E-state index contributed by atoms with van der Waals surface area (Å²) in [5, 5.41) is 9.33. The van der Waals surface area contributed by atoms with Crippen LogP contribution in [0.25, 0.3) is 0 Å². The van der Waals surface area contributed by atoms with Gasteiger partial charge < -0.3 is 5.11 Å². The van der Waals surface area contributed by atoms with Crippen molar-refractivity contribution in [3.8, 4) is 0 Å². The van der Waals surface area contributed by atoms with Crippen molar-refractivity contribution in [3.05, 3.63) is 0 Å². The molecule has 1 unspecified atom stereocenters. The highest BCUT2D eigenvalue weighted by Crippen LogP contribution is 2.18. The molecule has 0 bridgehead atoms. The highest BCUT2D eigenvalue weighted by molar-refractivity contribution is 7.99. The Bertz CT molecular complexity index is 66.3. The summed E-state index contributed by atoms with van der Waals surface area (Å²) in [5.41, 5.74) is 0. The third-order valence-electron chi connectivity index (χ3n) is 1.51. The van der Waals surface area contributed by atoms with E-state index in [1.807, 2.05) is 11.8 Å². The van der Waals surface area contributed by atoms with Crippen molar-refractivity contribution in [1.29, 1.82) is 0 Å². The molecule has 0 heterocycles. The van der Waals surface area contributed by atoms with E-state index in [9.17, 15) is 0 Å². The molecule has 0 rings (SSSR count). The molecule has 0 radical (unpaired) electrons. The predicted octanol–water partition coefficient (Wildman–Crippen LogP) is 2.29. The van der Waals surface area contributed by atoms with Gasteiger partial charge in [0.25, 0.3) is 0 Å². The number of aliphatic hydroxyl groups is 1. The monoisotopic (exact) mass is 162 g/mol. The molecule has 0 aliphatic rings. The standard InChI is InChI=1S/C8H18OS/c1-3-5-8(4-2)10-7-6-9/h8-9H,3-7H2,1-2H3. The van der Waals surface area contributed by atoms with Crippen LogP contribution in [0.3, 0.4) is 0 Å². The van der Waals surface area contributed by atoms with Crippen molar-refractivity contribution >= 4 is 11.8 Å². The van der Waals surface area contributed by atoms with Gasteiger partial charge in [0.05, 0.1) is 6.61 Å². The third kappa shape index (κ3) is 5.12. The van der Waals surface area contributed by atoms with Crippen LogP contribution in [-0.4, -0.2) is 22.7 Å². The molecule has 0 saturated heterocycles. The van der Waals surface area contributed by atoms with Crippen LogP contribution >= 0.6 is 11.8 Å². The molecule has 1 N–H and O–H groups in total. The summed E-state index contributed by atoms with van der Waals surface area (Å²) in [6, 6.07) is 0. The zero-order valence-electron chi connectivity index (χ0n) is 6.97. The molecular formula is C8H18OS. The zero-order chi connectivity index (χ0) is 7.82. The van der Waals surface area contributed by atoms with Crippen molar-refractivity contribution in [2.75, 3.05) is 12.4 Å². The van der Waals surface area contributed by atoms with Gasteiger partial charge >= 0.3 is 0 Å². The summed E-state index contributed by atoms with van der Waals surface area (Å²) >= 11 is 1.90. The minimum absolute atomic E-state index is 0.324. The number of aliphatic hydroxyl groups excluding tert-OH is 1. The van der Waals surface area contributed by atoms with Crippen LogP contribution in [0.4, 0.5) is 0 Å². The van der Waals surface area contributed by atoms with Crippen LogP contribution in [0.15, 0.2) is 0 Å². The molecule has 1 atom stereocenters. The third-order valence-corrected chi connectivity index (χ3v) is 2.97. The second-order valence-corrected chi connectivity index (χ2v) is 3.82. The van der Waals surface area contributed by atoms with Crippen molar-refractivity contribution in [2.45, 2.75) is 38.4 Å². The van der Waals surface area contributed by atoms with E-state index in [-0.39, 0.29) is 0 Å². The smallest absolute Gasteiger partial charge is 0.0521 e. The van der Waals surface area contributed by atoms with E-state index in [2.05, 4.69) is 13.8 Å². The van der Waals surface area contributed by atoms with Crippen molar-refractivity contribution in [1.82, 2.24) is 0 Å². The molecule has 0 amide bonds. The first-order chi connectivity index (χ1) is 4.85. The zero-order valence-corrected chi connectivity index (χ0v) is 7.78. The van der Waals surface area contributed by atoms with E-state index in [0.717, 1.165) is 11.0 Å². The molecule has 0 aliphatic heterocycles. The fourth-order valence-electron chi connectivity index (χ4n) is 0.947. The van der Waals surface area contributed by atoms with Gasteiger partial charge in [-0.25, -0.2) is 0 Å². The first-order valence-electron chi connectivity index (χ1n) is 4.07. The van der Waals surface area contributed by atoms with Crippen LogP contribution in [0.2, 0.25) is 0 Å². The molecule has 1 nitrogen and oxygen atoms in total. The molecule has 0 aromatic heterocycles. The predicted molar refractivity (Wildman–Crippen MR) is 48.5 cm³/mol. The topological polar surface area (TPSA) is 20.2 Å². The Labute approximate surface area is 68.2 Å². The Hall–Kier alpha value is 0.310. The first kappa shape index (κ1) is 10.3. The lowest BCUT2D eigenvalue weighted by Crippen LogP contribution is -2.02. The fraction of sp³-hybridized carbons (Fsp3) is 1.00. The Morgan fingerprint density at radius 3 is 2.50 bits per heavy atom. The van der Waals surface area contributed by atoms with Crippen LogP contribution < -0.4 is 0 Å². The number of hydrogen-bond acceptors (Lipinski definition) is 2. The van der Waals surface area contributed by atoms with Crippen LogP contribution in [0.1, 0.15) is 33.1 Å². The van der Waals surface area contributed by atoms with Crippen LogP contribution in [0.5, 0.6) is 0 Å². The maximum atomic E-state index is 8.56. The Kier molecular flexibility index (Phi) is 7.65. The van der Waals surface area contributed by atoms with Gasteiger partial charge in [-0.1, -0.05) is 20.3 Å². The van der Waals surface area contributed by atoms with Gasteiger partial charge in [-0.2, -0.15) is 11.8 Å². The molecule has 0 fully saturated rings. The molecule has 0 spiro atoms. The van der Waals surface area contributed by atoms with Crippen LogP contribution in [0, 0.1) is 0 Å². The maximum absolute atomic E-state index is 8.56. The molecule has 0 saturated carbocycles. The van der Waals surface area contributed by atoms with E-state index >= 15 is 0 Å². The largest absolute Gasteiger partial charge is 0.396 e. The molecule has 0 aromatic rings. The quantitative estimate of drug-likeness (QED) is 0.646. The lowest BCUT2D eigenvalue weighted by atomic mass is 10.2. The van der Waals surface area contributed by atoms with E-state index in [1.165, 1.54) is 19.3 Å². The number of thioether (sulfide) groups is 1. The number of rotatable bonds is 6. The fourth-order valence-corrected chi connectivity index (χ4v) is 2.02. The van der Waals surface area contributed by atoms with E-state index in [0.29, 0.717) is 6.61 Å². The Balaban J connectivity index is 3.21. The molecule has 62 valence electrons. The van der Waals surface area contributed by atoms with Gasteiger partial charge in [-0.05, 0) is 12.8 Å². The van der Waals surface area contributed by atoms with E-state index in [4.69, 9.17) is 5.11 Å². The van der Waals surface area contributed by atoms with Crippen molar-refractivity contribution < 1.29 is 5.11 Å². The SMILES string of the molecule is CCCC(CC)SCCO. The van der Waals surface area contributed by atoms with Gasteiger partial charge in [0.15, 0.2) is 0 Å². The Morgan fingerprint density at radius 2 is 2.10 bits per heavy atom. The lowest BCUT2D eigenvalue weighted by Gasteiger charge is -2.11. The van der Waals surface area contributed by atoms with Gasteiger partial charge in [0, 0.05) is 11.0 Å². The second kappa shape index (κ2) is 7.42. The normalized spacial score (nSPS) is 13.5. The summed E-state index contributed by atoms with van der Waals surface area (Å²) in [4.78, 5) is 0. The molecule has 0 aromatic carbocycles. The van der Waals surface area contributed by atoms with E-state index in [1.54, 1.807) is 0 Å². The summed E-state index contributed by atoms with van der Waals surface area (Å²) in [7, 11) is 0. The molecule has 0 aliphatic carbocycles. The second-order valence-electron chi connectivity index (χ2n) is 2.41. The van der Waals surface area contributed by atoms with Crippen LogP contribution in [-0.2, 0) is 0 Å². The molecule has 2 heteroatoms. The average Bonchev–Trinajstić information content (AvgIpc) is 1.98. The van der Waals surface area contributed by atoms with E-state index < -0.39 is 0 Å². The Morgan fingerprint density at radius 1 is 1.40 bits per heavy atom. The average molecular weight is 162 g/mol. The molecular weight excluding hydrogens is 144 g/mol. The number of hydrogen-bond donors (Lipinski definition) is 1. The highest BCUT2D eigenvalue weighted by Gasteiger charge is 2.03. The lowest BCUT2D eigenvalue weighted by molar-refractivity contribution is 0.322. The van der Waals surface area contributed by atoms with Crippen molar-refractivity contribution in [3.63, 3.8) is 0 Å². The van der Waals surface area contributed by atoms with Gasteiger partial charge in [-0.3, -0.25) is 0 Å².